The summed E-state index contributed by atoms with van der Waals surface area (Å²) in [5.41, 5.74) is 2.21. The first-order valence-electron chi connectivity index (χ1n) is 11.8. The van der Waals surface area contributed by atoms with Gasteiger partial charge in [-0.25, -0.2) is 0 Å². The average Bonchev–Trinajstić information content (AvgIpc) is 2.84. The van der Waals surface area contributed by atoms with Crippen LogP contribution in [0, 0.1) is 11.8 Å². The minimum atomic E-state index is 0.0404. The maximum Gasteiger partial charge on any atom is 0.130 e. The van der Waals surface area contributed by atoms with Crippen molar-refractivity contribution in [1.29, 1.82) is 0 Å². The summed E-state index contributed by atoms with van der Waals surface area (Å²) in [4.78, 5) is 24.2. The number of ketones is 2. The minimum absolute atomic E-state index is 0.0404. The summed E-state index contributed by atoms with van der Waals surface area (Å²) in [6, 6.07) is 15.9. The Balaban J connectivity index is 2.25. The fourth-order valence-electron chi connectivity index (χ4n) is 4.71. The van der Waals surface area contributed by atoms with Crippen LogP contribution in [-0.4, -0.2) is 25.8 Å². The van der Waals surface area contributed by atoms with Gasteiger partial charge in [0.25, 0.3) is 0 Å². The van der Waals surface area contributed by atoms with E-state index < -0.39 is 0 Å². The van der Waals surface area contributed by atoms with Crippen molar-refractivity contribution in [2.45, 2.75) is 51.4 Å². The standard InChI is InChI=1S/C30H38O4/c1-7-23(29(19-21(3)31)25-11-15-27(33-5)16-12-25)9-10-24(8-2)30(20-22(4)32)26-13-17-28(34-6)18-14-26/h7-8,11-18,23-24,29-30H,1-2,9-10,19-20H2,3-6H3/t23-,24+,29+,30-. The Bertz CT molecular complexity index is 863. The van der Waals surface area contributed by atoms with Crippen LogP contribution in [0.2, 0.25) is 0 Å². The second-order valence-electron chi connectivity index (χ2n) is 8.95. The molecule has 4 nitrogen and oxygen atoms in total. The molecule has 0 saturated carbocycles. The highest BCUT2D eigenvalue weighted by Gasteiger charge is 2.27. The Hall–Kier alpha value is -3.14. The average molecular weight is 463 g/mol. The Labute approximate surface area is 204 Å². The second kappa shape index (κ2) is 13.5. The first-order valence-corrected chi connectivity index (χ1v) is 11.8. The van der Waals surface area contributed by atoms with Crippen molar-refractivity contribution < 1.29 is 19.1 Å². The Morgan fingerprint density at radius 1 is 0.706 bits per heavy atom. The number of Topliss-reactive ketones (excluding diaryl/α,β-unsaturated/α-hetero) is 2. The molecule has 0 radical (unpaired) electrons. The number of rotatable bonds is 15. The number of hydrogen-bond donors (Lipinski definition) is 0. The van der Waals surface area contributed by atoms with Crippen LogP contribution in [0.4, 0.5) is 0 Å². The molecule has 2 aromatic carbocycles. The van der Waals surface area contributed by atoms with Crippen molar-refractivity contribution >= 4 is 11.6 Å². The monoisotopic (exact) mass is 462 g/mol. The zero-order chi connectivity index (χ0) is 25.1. The van der Waals surface area contributed by atoms with Crippen LogP contribution in [0.25, 0.3) is 0 Å². The van der Waals surface area contributed by atoms with E-state index in [1.807, 2.05) is 60.7 Å². The van der Waals surface area contributed by atoms with E-state index in [2.05, 4.69) is 13.2 Å². The van der Waals surface area contributed by atoms with E-state index in [1.165, 1.54) is 0 Å². The van der Waals surface area contributed by atoms with Crippen LogP contribution < -0.4 is 9.47 Å². The van der Waals surface area contributed by atoms with Gasteiger partial charge in [0.05, 0.1) is 14.2 Å². The van der Waals surface area contributed by atoms with Gasteiger partial charge in [-0.1, -0.05) is 36.4 Å². The topological polar surface area (TPSA) is 52.6 Å². The normalized spacial score (nSPS) is 14.4. The van der Waals surface area contributed by atoms with Gasteiger partial charge < -0.3 is 19.1 Å². The first kappa shape index (κ1) is 27.1. The molecule has 34 heavy (non-hydrogen) atoms. The molecule has 0 saturated heterocycles. The van der Waals surface area contributed by atoms with Gasteiger partial charge >= 0.3 is 0 Å². The lowest BCUT2D eigenvalue weighted by Crippen LogP contribution is -2.19. The number of carbonyl (C=O) groups excluding carboxylic acids is 2. The summed E-state index contributed by atoms with van der Waals surface area (Å²) in [7, 11) is 3.29. The van der Waals surface area contributed by atoms with Crippen LogP contribution in [0.15, 0.2) is 73.8 Å². The highest BCUT2D eigenvalue weighted by atomic mass is 16.5. The molecule has 0 bridgehead atoms. The smallest absolute Gasteiger partial charge is 0.130 e. The van der Waals surface area contributed by atoms with Crippen LogP contribution in [0.5, 0.6) is 11.5 Å². The fourth-order valence-corrected chi connectivity index (χ4v) is 4.71. The Morgan fingerprint density at radius 2 is 1.03 bits per heavy atom. The van der Waals surface area contributed by atoms with Gasteiger partial charge in [0.2, 0.25) is 0 Å². The van der Waals surface area contributed by atoms with E-state index >= 15 is 0 Å². The second-order valence-corrected chi connectivity index (χ2v) is 8.95. The first-order chi connectivity index (χ1) is 16.3. The third-order valence-electron chi connectivity index (χ3n) is 6.58. The molecule has 0 aromatic heterocycles. The summed E-state index contributed by atoms with van der Waals surface area (Å²) in [6.07, 6.45) is 6.52. The highest BCUT2D eigenvalue weighted by Crippen LogP contribution is 2.38. The summed E-state index contributed by atoms with van der Waals surface area (Å²) >= 11 is 0. The maximum absolute atomic E-state index is 12.1. The Kier molecular flexibility index (Phi) is 10.8. The van der Waals surface area contributed by atoms with Crippen LogP contribution in [0.1, 0.15) is 62.5 Å². The van der Waals surface area contributed by atoms with Gasteiger partial charge in [0.1, 0.15) is 23.1 Å². The number of carbonyl (C=O) groups is 2. The molecule has 0 aliphatic rings. The molecule has 0 amide bonds. The zero-order valence-electron chi connectivity index (χ0n) is 21.0. The SMILES string of the molecule is C=C[C@H](CC[C@H](C=C)[C@@H](CC(C)=O)c1ccc(OC)cc1)[C@H](CC(C)=O)c1ccc(OC)cc1. The largest absolute Gasteiger partial charge is 0.497 e. The summed E-state index contributed by atoms with van der Waals surface area (Å²) < 4.78 is 10.6. The third-order valence-corrected chi connectivity index (χ3v) is 6.58. The van der Waals surface area contributed by atoms with E-state index in [-0.39, 0.29) is 35.2 Å². The predicted octanol–water partition coefficient (Wildman–Crippen LogP) is 6.91. The molecule has 2 rings (SSSR count). The summed E-state index contributed by atoms with van der Waals surface area (Å²) in [5, 5.41) is 0. The fraction of sp³-hybridized carbons (Fsp3) is 0.400. The van der Waals surface area contributed by atoms with E-state index in [9.17, 15) is 9.59 Å². The number of benzene rings is 2. The van der Waals surface area contributed by atoms with Crippen molar-refractivity contribution in [2.75, 3.05) is 14.2 Å². The summed E-state index contributed by atoms with van der Waals surface area (Å²) in [6.45, 7) is 11.5. The molecule has 0 aliphatic heterocycles. The molecule has 182 valence electrons. The molecule has 0 N–H and O–H groups in total. The zero-order valence-corrected chi connectivity index (χ0v) is 21.0. The van der Waals surface area contributed by atoms with Crippen LogP contribution in [-0.2, 0) is 9.59 Å². The highest BCUT2D eigenvalue weighted by molar-refractivity contribution is 5.77. The maximum atomic E-state index is 12.1. The molecule has 0 spiro atoms. The molecule has 4 atom stereocenters. The lowest BCUT2D eigenvalue weighted by molar-refractivity contribution is -0.118. The number of ether oxygens (including phenoxy) is 2. The lowest BCUT2D eigenvalue weighted by atomic mass is 9.75. The van der Waals surface area contributed by atoms with Crippen LogP contribution >= 0.6 is 0 Å². The van der Waals surface area contributed by atoms with E-state index in [0.717, 1.165) is 35.5 Å². The van der Waals surface area contributed by atoms with Gasteiger partial charge in [-0.15, -0.1) is 13.2 Å². The predicted molar refractivity (Wildman–Crippen MR) is 139 cm³/mol. The number of methoxy groups -OCH3 is 2. The van der Waals surface area contributed by atoms with Gasteiger partial charge in [-0.05, 0) is 85.8 Å². The minimum Gasteiger partial charge on any atom is -0.497 e. The number of hydrogen-bond acceptors (Lipinski definition) is 4. The van der Waals surface area contributed by atoms with Crippen molar-refractivity contribution in [1.82, 2.24) is 0 Å². The van der Waals surface area contributed by atoms with Crippen molar-refractivity contribution in [3.8, 4) is 11.5 Å². The molecule has 0 aliphatic carbocycles. The Morgan fingerprint density at radius 3 is 1.26 bits per heavy atom. The van der Waals surface area contributed by atoms with E-state index in [1.54, 1.807) is 28.1 Å². The van der Waals surface area contributed by atoms with Gasteiger partial charge in [-0.2, -0.15) is 0 Å². The van der Waals surface area contributed by atoms with Crippen molar-refractivity contribution in [2.24, 2.45) is 11.8 Å². The van der Waals surface area contributed by atoms with Gasteiger partial charge in [0.15, 0.2) is 0 Å². The molecule has 0 heterocycles. The molecular formula is C30H38O4. The molecule has 4 heteroatoms. The number of allylic oxidation sites excluding steroid dienone is 2. The summed E-state index contributed by atoms with van der Waals surface area (Å²) in [5.74, 6) is 2.21. The lowest BCUT2D eigenvalue weighted by Gasteiger charge is -2.29. The van der Waals surface area contributed by atoms with Crippen molar-refractivity contribution in [3.05, 3.63) is 85.0 Å². The molecule has 2 aromatic rings. The van der Waals surface area contributed by atoms with E-state index in [4.69, 9.17) is 9.47 Å². The quantitative estimate of drug-likeness (QED) is 0.270. The molecule has 0 unspecified atom stereocenters. The van der Waals surface area contributed by atoms with Gasteiger partial charge in [-0.3, -0.25) is 0 Å². The van der Waals surface area contributed by atoms with Crippen molar-refractivity contribution in [3.63, 3.8) is 0 Å². The van der Waals surface area contributed by atoms with Crippen LogP contribution in [0.3, 0.4) is 0 Å². The van der Waals surface area contributed by atoms with Gasteiger partial charge in [0, 0.05) is 12.8 Å². The molecular weight excluding hydrogens is 424 g/mol. The van der Waals surface area contributed by atoms with E-state index in [0.29, 0.717) is 12.8 Å². The molecule has 0 fully saturated rings. The third kappa shape index (κ3) is 7.72.